The first-order valence-corrected chi connectivity index (χ1v) is 9.99. The third-order valence-electron chi connectivity index (χ3n) is 4.16. The molecule has 5 nitrogen and oxygen atoms in total. The van der Waals surface area contributed by atoms with E-state index in [1.807, 2.05) is 12.2 Å². The Kier molecular flexibility index (Phi) is 7.40. The first-order chi connectivity index (χ1) is 12.0. The molecule has 1 aromatic carbocycles. The van der Waals surface area contributed by atoms with Crippen LogP contribution in [0.15, 0.2) is 59.0 Å². The van der Waals surface area contributed by atoms with Crippen LogP contribution in [0, 0.1) is 0 Å². The minimum Gasteiger partial charge on any atom is -0.469 e. The number of hydrogen-bond acceptors (Lipinski definition) is 4. The lowest BCUT2D eigenvalue weighted by Crippen LogP contribution is -2.34. The van der Waals surface area contributed by atoms with Gasteiger partial charge in [-0.15, -0.1) is 0 Å². The van der Waals surface area contributed by atoms with Crippen LogP contribution in [0.1, 0.15) is 38.5 Å². The molecule has 2 rings (SSSR count). The maximum atomic E-state index is 12.4. The molecule has 0 bridgehead atoms. The second kappa shape index (κ2) is 9.53. The zero-order valence-corrected chi connectivity index (χ0v) is 15.3. The monoisotopic (exact) mass is 363 g/mol. The predicted molar refractivity (Wildman–Crippen MR) is 97.5 cm³/mol. The highest BCUT2D eigenvalue weighted by Crippen LogP contribution is 2.24. The lowest BCUT2D eigenvalue weighted by atomic mass is 10.1. The van der Waals surface area contributed by atoms with Gasteiger partial charge in [-0.25, -0.2) is 13.1 Å². The van der Waals surface area contributed by atoms with Gasteiger partial charge in [0.05, 0.1) is 12.0 Å². The van der Waals surface area contributed by atoms with Crippen LogP contribution in [-0.2, 0) is 19.6 Å². The number of rotatable bonds is 9. The second-order valence-corrected chi connectivity index (χ2v) is 7.70. The lowest BCUT2D eigenvalue weighted by molar-refractivity contribution is -0.140. The summed E-state index contributed by atoms with van der Waals surface area (Å²) in [6, 6.07) is 8.29. The van der Waals surface area contributed by atoms with Crippen LogP contribution in [0.2, 0.25) is 0 Å². The SMILES string of the molecule is COC(=O)CCC/C=C\CC1=CCCC1NS(=O)(=O)c1ccccc1. The van der Waals surface area contributed by atoms with Crippen molar-refractivity contribution in [2.24, 2.45) is 0 Å². The molecule has 0 aromatic heterocycles. The fraction of sp³-hybridized carbons (Fsp3) is 0.421. The van der Waals surface area contributed by atoms with E-state index in [1.54, 1.807) is 30.3 Å². The van der Waals surface area contributed by atoms with Crippen LogP contribution in [0.5, 0.6) is 0 Å². The molecule has 1 unspecified atom stereocenters. The fourth-order valence-electron chi connectivity index (χ4n) is 2.78. The molecule has 0 saturated heterocycles. The largest absolute Gasteiger partial charge is 0.469 e. The molecule has 25 heavy (non-hydrogen) atoms. The van der Waals surface area contributed by atoms with E-state index in [-0.39, 0.29) is 12.0 Å². The summed E-state index contributed by atoms with van der Waals surface area (Å²) in [5, 5.41) is 0. The number of unbranched alkanes of at least 4 members (excludes halogenated alkanes) is 1. The first-order valence-electron chi connectivity index (χ1n) is 8.51. The van der Waals surface area contributed by atoms with Crippen molar-refractivity contribution in [3.05, 3.63) is 54.1 Å². The summed E-state index contributed by atoms with van der Waals surface area (Å²) >= 11 is 0. The number of carbonyl (C=O) groups excluding carboxylic acids is 1. The van der Waals surface area contributed by atoms with Gasteiger partial charge in [0.1, 0.15) is 0 Å². The van der Waals surface area contributed by atoms with Crippen molar-refractivity contribution < 1.29 is 17.9 Å². The average Bonchev–Trinajstić information content (AvgIpc) is 3.04. The van der Waals surface area contributed by atoms with Crippen molar-refractivity contribution in [1.82, 2.24) is 4.72 Å². The van der Waals surface area contributed by atoms with Crippen LogP contribution in [0.4, 0.5) is 0 Å². The summed E-state index contributed by atoms with van der Waals surface area (Å²) in [5.74, 6) is -0.192. The van der Waals surface area contributed by atoms with Crippen molar-refractivity contribution >= 4 is 16.0 Å². The van der Waals surface area contributed by atoms with Crippen LogP contribution < -0.4 is 4.72 Å². The number of nitrogens with one attached hydrogen (secondary N) is 1. The van der Waals surface area contributed by atoms with E-state index in [4.69, 9.17) is 0 Å². The molecule has 0 spiro atoms. The van der Waals surface area contributed by atoms with Crippen molar-refractivity contribution in [3.63, 3.8) is 0 Å². The molecular formula is C19H25NO4S. The van der Waals surface area contributed by atoms with E-state index < -0.39 is 10.0 Å². The second-order valence-electron chi connectivity index (χ2n) is 5.99. The molecule has 0 aliphatic heterocycles. The van der Waals surface area contributed by atoms with E-state index >= 15 is 0 Å². The number of sulfonamides is 1. The smallest absolute Gasteiger partial charge is 0.305 e. The van der Waals surface area contributed by atoms with Gasteiger partial charge in [0, 0.05) is 12.5 Å². The van der Waals surface area contributed by atoms with Crippen molar-refractivity contribution in [1.29, 1.82) is 0 Å². The molecule has 0 amide bonds. The number of hydrogen-bond donors (Lipinski definition) is 1. The average molecular weight is 363 g/mol. The van der Waals surface area contributed by atoms with Gasteiger partial charge < -0.3 is 4.74 Å². The quantitative estimate of drug-likeness (QED) is 0.415. The number of carbonyl (C=O) groups is 1. The molecule has 1 aliphatic carbocycles. The third kappa shape index (κ3) is 6.14. The van der Waals surface area contributed by atoms with Crippen LogP contribution in [0.3, 0.4) is 0 Å². The Balaban J connectivity index is 1.83. The minimum atomic E-state index is -3.49. The lowest BCUT2D eigenvalue weighted by Gasteiger charge is -2.16. The Morgan fingerprint density at radius 2 is 2.04 bits per heavy atom. The van der Waals surface area contributed by atoms with Gasteiger partial charge in [0.15, 0.2) is 0 Å². The molecule has 0 fully saturated rings. The molecule has 1 atom stereocenters. The maximum absolute atomic E-state index is 12.4. The zero-order chi connectivity index (χ0) is 18.1. The minimum absolute atomic E-state index is 0.148. The van der Waals surface area contributed by atoms with Crippen molar-refractivity contribution in [2.75, 3.05) is 7.11 Å². The summed E-state index contributed by atoms with van der Waals surface area (Å²) in [7, 11) is -2.10. The van der Waals surface area contributed by atoms with E-state index in [2.05, 4.69) is 15.5 Å². The first kappa shape index (κ1) is 19.4. The molecule has 0 heterocycles. The van der Waals surface area contributed by atoms with Gasteiger partial charge in [-0.3, -0.25) is 4.79 Å². The summed E-state index contributed by atoms with van der Waals surface area (Å²) < 4.78 is 32.3. The molecular weight excluding hydrogens is 338 g/mol. The highest BCUT2D eigenvalue weighted by molar-refractivity contribution is 7.89. The Morgan fingerprint density at radius 3 is 2.76 bits per heavy atom. The maximum Gasteiger partial charge on any atom is 0.305 e. The Morgan fingerprint density at radius 1 is 1.28 bits per heavy atom. The number of benzene rings is 1. The molecule has 0 saturated carbocycles. The van der Waals surface area contributed by atoms with E-state index in [0.29, 0.717) is 11.3 Å². The van der Waals surface area contributed by atoms with E-state index in [1.165, 1.54) is 7.11 Å². The number of ether oxygens (including phenoxy) is 1. The summed E-state index contributed by atoms with van der Waals surface area (Å²) in [6.07, 6.45) is 10.6. The Bertz CT molecular complexity index is 723. The summed E-state index contributed by atoms with van der Waals surface area (Å²) in [5.41, 5.74) is 1.10. The van der Waals surface area contributed by atoms with Crippen molar-refractivity contribution in [2.45, 2.75) is 49.5 Å². The molecule has 1 aromatic rings. The number of allylic oxidation sites excluding steroid dienone is 3. The van der Waals surface area contributed by atoms with Gasteiger partial charge in [0.2, 0.25) is 10.0 Å². The predicted octanol–water partition coefficient (Wildman–Crippen LogP) is 3.34. The Hall–Kier alpha value is -1.92. The van der Waals surface area contributed by atoms with E-state index in [9.17, 15) is 13.2 Å². The standard InChI is InChI=1S/C19H25NO4S/c1-24-19(21)15-8-3-2-5-10-16-11-9-14-18(16)20-25(22,23)17-12-6-4-7-13-17/h2,4-7,11-13,18,20H,3,8-10,14-15H2,1H3/b5-2-. The van der Waals surface area contributed by atoms with Crippen LogP contribution >= 0.6 is 0 Å². The fourth-order valence-corrected chi connectivity index (χ4v) is 4.08. The van der Waals surface area contributed by atoms with Crippen LogP contribution in [0.25, 0.3) is 0 Å². The van der Waals surface area contributed by atoms with Gasteiger partial charge in [-0.05, 0) is 44.2 Å². The van der Waals surface area contributed by atoms with Gasteiger partial charge in [0.25, 0.3) is 0 Å². The molecule has 6 heteroatoms. The highest BCUT2D eigenvalue weighted by atomic mass is 32.2. The van der Waals surface area contributed by atoms with Gasteiger partial charge >= 0.3 is 5.97 Å². The molecule has 0 radical (unpaired) electrons. The zero-order valence-electron chi connectivity index (χ0n) is 14.5. The topological polar surface area (TPSA) is 72.5 Å². The molecule has 1 aliphatic rings. The third-order valence-corrected chi connectivity index (χ3v) is 5.65. The molecule has 136 valence electrons. The summed E-state index contributed by atoms with van der Waals surface area (Å²) in [4.78, 5) is 11.3. The highest BCUT2D eigenvalue weighted by Gasteiger charge is 2.24. The van der Waals surface area contributed by atoms with Gasteiger partial charge in [-0.2, -0.15) is 0 Å². The van der Waals surface area contributed by atoms with E-state index in [0.717, 1.165) is 37.7 Å². The van der Waals surface area contributed by atoms with Crippen molar-refractivity contribution in [3.8, 4) is 0 Å². The number of methoxy groups -OCH3 is 1. The normalized spacial score (nSPS) is 17.6. The molecule has 1 N–H and O–H groups in total. The van der Waals surface area contributed by atoms with Crippen LogP contribution in [-0.4, -0.2) is 27.5 Å². The van der Waals surface area contributed by atoms with Gasteiger partial charge in [-0.1, -0.05) is 42.0 Å². The number of esters is 1. The summed E-state index contributed by atoms with van der Waals surface area (Å²) in [6.45, 7) is 0. The Labute approximate surface area is 149 Å².